The van der Waals surface area contributed by atoms with E-state index in [0.717, 1.165) is 0 Å². The third-order valence-corrected chi connectivity index (χ3v) is 2.81. The molecule has 0 aliphatic rings. The molecule has 0 aliphatic heterocycles. The van der Waals surface area contributed by atoms with Crippen molar-refractivity contribution in [3.63, 3.8) is 0 Å². The van der Waals surface area contributed by atoms with E-state index >= 15 is 0 Å². The van der Waals surface area contributed by atoms with Gasteiger partial charge in [-0.15, -0.1) is 0 Å². The molecule has 3 nitrogen and oxygen atoms in total. The van der Waals surface area contributed by atoms with Crippen LogP contribution in [-0.2, 0) is 6.61 Å². The van der Waals surface area contributed by atoms with Crippen LogP contribution >= 0.6 is 23.2 Å². The molecule has 0 fully saturated rings. The number of anilines is 2. The van der Waals surface area contributed by atoms with Gasteiger partial charge in [-0.05, 0) is 24.3 Å². The van der Waals surface area contributed by atoms with Gasteiger partial charge in [0.1, 0.15) is 5.82 Å². The largest absolute Gasteiger partial charge is 0.392 e. The molecule has 0 aliphatic carbocycles. The highest BCUT2D eigenvalue weighted by molar-refractivity contribution is 6.35. The molecule has 0 saturated carbocycles. The molecular formula is C12H10Cl2N2O. The van der Waals surface area contributed by atoms with E-state index < -0.39 is 0 Å². The second-order valence-electron chi connectivity index (χ2n) is 3.42. The number of aliphatic hydroxyl groups is 1. The van der Waals surface area contributed by atoms with Crippen molar-refractivity contribution in [2.75, 3.05) is 5.32 Å². The smallest absolute Gasteiger partial charge is 0.135 e. The maximum Gasteiger partial charge on any atom is 0.135 e. The molecule has 0 saturated heterocycles. The zero-order valence-corrected chi connectivity index (χ0v) is 10.3. The first kappa shape index (κ1) is 12.2. The Morgan fingerprint density at radius 3 is 2.82 bits per heavy atom. The molecule has 0 amide bonds. The molecule has 17 heavy (non-hydrogen) atoms. The van der Waals surface area contributed by atoms with Crippen molar-refractivity contribution in [2.45, 2.75) is 6.61 Å². The van der Waals surface area contributed by atoms with Crippen molar-refractivity contribution < 1.29 is 5.11 Å². The van der Waals surface area contributed by atoms with Crippen LogP contribution in [-0.4, -0.2) is 10.1 Å². The van der Waals surface area contributed by atoms with Crippen LogP contribution in [0.15, 0.2) is 36.5 Å². The zero-order chi connectivity index (χ0) is 12.3. The molecule has 0 spiro atoms. The summed E-state index contributed by atoms with van der Waals surface area (Å²) < 4.78 is 0. The molecule has 1 aromatic carbocycles. The first-order valence-corrected chi connectivity index (χ1v) is 5.73. The van der Waals surface area contributed by atoms with Gasteiger partial charge in [0.25, 0.3) is 0 Å². The molecule has 0 atom stereocenters. The topological polar surface area (TPSA) is 45.2 Å². The maximum absolute atomic E-state index is 9.18. The van der Waals surface area contributed by atoms with E-state index in [1.54, 1.807) is 36.5 Å². The Balaban J connectivity index is 2.34. The summed E-state index contributed by atoms with van der Waals surface area (Å²) in [7, 11) is 0. The number of hydrogen-bond acceptors (Lipinski definition) is 3. The van der Waals surface area contributed by atoms with Gasteiger partial charge < -0.3 is 10.4 Å². The Bertz CT molecular complexity index is 532. The van der Waals surface area contributed by atoms with Gasteiger partial charge in [0, 0.05) is 16.8 Å². The zero-order valence-electron chi connectivity index (χ0n) is 8.82. The van der Waals surface area contributed by atoms with Crippen LogP contribution in [0.5, 0.6) is 0 Å². The van der Waals surface area contributed by atoms with E-state index in [4.69, 9.17) is 23.2 Å². The molecule has 2 aromatic rings. The van der Waals surface area contributed by atoms with Gasteiger partial charge in [0.05, 0.1) is 17.3 Å². The van der Waals surface area contributed by atoms with Crippen molar-refractivity contribution >= 4 is 34.7 Å². The lowest BCUT2D eigenvalue weighted by molar-refractivity contribution is 0.282. The number of benzene rings is 1. The van der Waals surface area contributed by atoms with Crippen molar-refractivity contribution in [1.82, 2.24) is 4.98 Å². The first-order valence-electron chi connectivity index (χ1n) is 4.97. The molecule has 88 valence electrons. The second kappa shape index (κ2) is 5.36. The minimum absolute atomic E-state index is 0.0889. The Labute approximate surface area is 109 Å². The third kappa shape index (κ3) is 2.88. The summed E-state index contributed by atoms with van der Waals surface area (Å²) in [6.07, 6.45) is 1.64. The van der Waals surface area contributed by atoms with E-state index in [1.165, 1.54) is 0 Å². The van der Waals surface area contributed by atoms with Crippen molar-refractivity contribution in [2.24, 2.45) is 0 Å². The Morgan fingerprint density at radius 2 is 2.06 bits per heavy atom. The normalized spacial score (nSPS) is 10.3. The van der Waals surface area contributed by atoms with Crippen LogP contribution in [0.2, 0.25) is 10.0 Å². The number of nitrogens with zero attached hydrogens (tertiary/aromatic N) is 1. The van der Waals surface area contributed by atoms with Gasteiger partial charge >= 0.3 is 0 Å². The Morgan fingerprint density at radius 1 is 1.24 bits per heavy atom. The van der Waals surface area contributed by atoms with Gasteiger partial charge in [-0.2, -0.15) is 0 Å². The molecule has 0 unspecified atom stereocenters. The monoisotopic (exact) mass is 268 g/mol. The lowest BCUT2D eigenvalue weighted by Gasteiger charge is -2.10. The van der Waals surface area contributed by atoms with E-state index in [2.05, 4.69) is 10.3 Å². The van der Waals surface area contributed by atoms with Crippen LogP contribution in [0.25, 0.3) is 0 Å². The number of nitrogens with one attached hydrogen (secondary N) is 1. The van der Waals surface area contributed by atoms with Gasteiger partial charge in [-0.3, -0.25) is 0 Å². The maximum atomic E-state index is 9.18. The standard InChI is InChI=1S/C12H10Cl2N2O/c13-9-3-4-10(14)11(6-9)16-12-8(7-17)2-1-5-15-12/h1-6,17H,7H2,(H,15,16). The number of pyridine rings is 1. The number of hydrogen-bond donors (Lipinski definition) is 2. The molecule has 0 radical (unpaired) electrons. The minimum atomic E-state index is -0.0889. The van der Waals surface area contributed by atoms with Gasteiger partial charge in [0.15, 0.2) is 0 Å². The van der Waals surface area contributed by atoms with Crippen LogP contribution in [0.3, 0.4) is 0 Å². The quantitative estimate of drug-likeness (QED) is 0.894. The Hall–Kier alpha value is -1.29. The average molecular weight is 269 g/mol. The fourth-order valence-corrected chi connectivity index (χ4v) is 1.74. The summed E-state index contributed by atoms with van der Waals surface area (Å²) in [5, 5.41) is 13.4. The number of aliphatic hydroxyl groups excluding tert-OH is 1. The van der Waals surface area contributed by atoms with E-state index in [-0.39, 0.29) is 6.61 Å². The molecule has 1 heterocycles. The fraction of sp³-hybridized carbons (Fsp3) is 0.0833. The summed E-state index contributed by atoms with van der Waals surface area (Å²) in [4.78, 5) is 4.14. The highest BCUT2D eigenvalue weighted by Gasteiger charge is 2.06. The predicted molar refractivity (Wildman–Crippen MR) is 69.9 cm³/mol. The van der Waals surface area contributed by atoms with Gasteiger partial charge in [-0.1, -0.05) is 29.3 Å². The van der Waals surface area contributed by atoms with Crippen LogP contribution in [0.1, 0.15) is 5.56 Å². The van der Waals surface area contributed by atoms with Gasteiger partial charge in [-0.25, -0.2) is 4.98 Å². The highest BCUT2D eigenvalue weighted by atomic mass is 35.5. The van der Waals surface area contributed by atoms with Crippen molar-refractivity contribution in [3.05, 3.63) is 52.1 Å². The van der Waals surface area contributed by atoms with Gasteiger partial charge in [0.2, 0.25) is 0 Å². The van der Waals surface area contributed by atoms with Crippen LogP contribution in [0, 0.1) is 0 Å². The molecule has 5 heteroatoms. The van der Waals surface area contributed by atoms with E-state index in [1.807, 2.05) is 0 Å². The number of aromatic nitrogens is 1. The minimum Gasteiger partial charge on any atom is -0.392 e. The number of halogens is 2. The first-order chi connectivity index (χ1) is 8.20. The predicted octanol–water partition coefficient (Wildman–Crippen LogP) is 3.62. The third-order valence-electron chi connectivity index (χ3n) is 2.24. The molecule has 2 N–H and O–H groups in total. The van der Waals surface area contributed by atoms with Crippen LogP contribution < -0.4 is 5.32 Å². The number of rotatable bonds is 3. The SMILES string of the molecule is OCc1cccnc1Nc1cc(Cl)ccc1Cl. The average Bonchev–Trinajstić information content (AvgIpc) is 2.34. The molecular weight excluding hydrogens is 259 g/mol. The highest BCUT2D eigenvalue weighted by Crippen LogP contribution is 2.28. The lowest BCUT2D eigenvalue weighted by Crippen LogP contribution is -1.99. The Kier molecular flexibility index (Phi) is 3.84. The molecule has 2 rings (SSSR count). The summed E-state index contributed by atoms with van der Waals surface area (Å²) in [6, 6.07) is 8.66. The summed E-state index contributed by atoms with van der Waals surface area (Å²) in [5.41, 5.74) is 1.36. The van der Waals surface area contributed by atoms with E-state index in [9.17, 15) is 5.11 Å². The second-order valence-corrected chi connectivity index (χ2v) is 4.26. The van der Waals surface area contributed by atoms with E-state index in [0.29, 0.717) is 27.1 Å². The van der Waals surface area contributed by atoms with Crippen molar-refractivity contribution in [3.8, 4) is 0 Å². The molecule has 1 aromatic heterocycles. The summed E-state index contributed by atoms with van der Waals surface area (Å²) in [6.45, 7) is -0.0889. The fourth-order valence-electron chi connectivity index (χ4n) is 1.40. The van der Waals surface area contributed by atoms with Crippen molar-refractivity contribution in [1.29, 1.82) is 0 Å². The summed E-state index contributed by atoms with van der Waals surface area (Å²) in [5.74, 6) is 0.569. The lowest BCUT2D eigenvalue weighted by atomic mass is 10.2. The van der Waals surface area contributed by atoms with Crippen LogP contribution in [0.4, 0.5) is 11.5 Å². The molecule has 0 bridgehead atoms. The summed E-state index contributed by atoms with van der Waals surface area (Å²) >= 11 is 11.9.